The minimum absolute atomic E-state index is 0.425. The van der Waals surface area contributed by atoms with E-state index in [0.717, 1.165) is 6.42 Å². The summed E-state index contributed by atoms with van der Waals surface area (Å²) in [5.41, 5.74) is 3.26. The van der Waals surface area contributed by atoms with Crippen LogP contribution in [0.5, 0.6) is 0 Å². The highest BCUT2D eigenvalue weighted by Gasteiger charge is 2.38. The van der Waals surface area contributed by atoms with Gasteiger partial charge in [0.2, 0.25) is 0 Å². The smallest absolute Gasteiger partial charge is 0.0853 e. The van der Waals surface area contributed by atoms with Crippen LogP contribution in [-0.4, -0.2) is 15.8 Å². The average molecular weight is 263 g/mol. The van der Waals surface area contributed by atoms with Crippen molar-refractivity contribution in [2.24, 2.45) is 17.9 Å². The number of hydrogen-bond donors (Lipinski definition) is 1. The van der Waals surface area contributed by atoms with Crippen molar-refractivity contribution in [2.75, 3.05) is 5.32 Å². The van der Waals surface area contributed by atoms with Crippen LogP contribution >= 0.6 is 0 Å². The molecule has 0 unspecified atom stereocenters. The maximum absolute atomic E-state index is 4.52. The van der Waals surface area contributed by atoms with Crippen molar-refractivity contribution in [3.63, 3.8) is 0 Å². The second-order valence-electron chi connectivity index (χ2n) is 7.77. The van der Waals surface area contributed by atoms with Crippen LogP contribution < -0.4 is 5.32 Å². The molecule has 1 aromatic heterocycles. The standard InChI is InChI=1S/C16H29N3/c1-7-13-14(10-19(6)18-13)17-12-8-15(2,3)11-16(4,5)9-12/h10,12,17H,7-9,11H2,1-6H3. The molecule has 1 aliphatic carbocycles. The van der Waals surface area contributed by atoms with Gasteiger partial charge in [0.15, 0.2) is 0 Å². The lowest BCUT2D eigenvalue weighted by Crippen LogP contribution is -2.40. The predicted octanol–water partition coefficient (Wildman–Crippen LogP) is 4.00. The molecule has 1 aromatic rings. The largest absolute Gasteiger partial charge is 0.380 e. The van der Waals surface area contributed by atoms with Crippen molar-refractivity contribution in [3.8, 4) is 0 Å². The molecule has 108 valence electrons. The van der Waals surface area contributed by atoms with E-state index in [1.165, 1.54) is 30.6 Å². The summed E-state index contributed by atoms with van der Waals surface area (Å²) >= 11 is 0. The zero-order valence-corrected chi connectivity index (χ0v) is 13.4. The van der Waals surface area contributed by atoms with Crippen molar-refractivity contribution in [1.82, 2.24) is 9.78 Å². The van der Waals surface area contributed by atoms with Gasteiger partial charge >= 0.3 is 0 Å². The first-order valence-corrected chi connectivity index (χ1v) is 7.50. The maximum Gasteiger partial charge on any atom is 0.0853 e. The van der Waals surface area contributed by atoms with Gasteiger partial charge in [-0.05, 0) is 36.5 Å². The Morgan fingerprint density at radius 1 is 1.26 bits per heavy atom. The molecule has 19 heavy (non-hydrogen) atoms. The fourth-order valence-corrected chi connectivity index (χ4v) is 4.08. The molecule has 2 rings (SSSR count). The normalized spacial score (nSPS) is 22.4. The van der Waals surface area contributed by atoms with Crippen molar-refractivity contribution >= 4 is 5.69 Å². The Bertz CT molecular complexity index is 427. The van der Waals surface area contributed by atoms with Gasteiger partial charge in [-0.15, -0.1) is 0 Å². The maximum atomic E-state index is 4.52. The van der Waals surface area contributed by atoms with Crippen molar-refractivity contribution in [2.45, 2.75) is 66.3 Å². The molecule has 3 nitrogen and oxygen atoms in total. The Hall–Kier alpha value is -0.990. The van der Waals surface area contributed by atoms with Gasteiger partial charge in [-0.25, -0.2) is 0 Å². The minimum Gasteiger partial charge on any atom is -0.380 e. The highest BCUT2D eigenvalue weighted by atomic mass is 15.3. The summed E-state index contributed by atoms with van der Waals surface area (Å²) in [7, 11) is 2.00. The molecule has 1 saturated carbocycles. The third-order valence-electron chi connectivity index (χ3n) is 4.15. The first kappa shape index (κ1) is 14.4. The zero-order chi connectivity index (χ0) is 14.3. The van der Waals surface area contributed by atoms with Gasteiger partial charge in [0, 0.05) is 19.3 Å². The number of anilines is 1. The number of hydrogen-bond acceptors (Lipinski definition) is 2. The molecule has 1 fully saturated rings. The third-order valence-corrected chi connectivity index (χ3v) is 4.15. The molecule has 0 amide bonds. The molecule has 0 atom stereocenters. The van der Waals surface area contributed by atoms with E-state index in [0.29, 0.717) is 16.9 Å². The Morgan fingerprint density at radius 3 is 2.37 bits per heavy atom. The molecule has 3 heteroatoms. The first-order chi connectivity index (χ1) is 8.71. The molecule has 1 heterocycles. The molecule has 1 aliphatic rings. The topological polar surface area (TPSA) is 29.9 Å². The summed E-state index contributed by atoms with van der Waals surface area (Å²) in [6.45, 7) is 11.8. The van der Waals surface area contributed by atoms with Gasteiger partial charge < -0.3 is 5.32 Å². The summed E-state index contributed by atoms with van der Waals surface area (Å²) in [4.78, 5) is 0. The third kappa shape index (κ3) is 3.52. The number of aryl methyl sites for hydroxylation is 2. The molecule has 0 aliphatic heterocycles. The van der Waals surface area contributed by atoms with E-state index >= 15 is 0 Å². The van der Waals surface area contributed by atoms with E-state index in [1.807, 2.05) is 11.7 Å². The van der Waals surface area contributed by atoms with Crippen molar-refractivity contribution in [1.29, 1.82) is 0 Å². The molecule has 0 saturated heterocycles. The van der Waals surface area contributed by atoms with Gasteiger partial charge in [0.05, 0.1) is 11.4 Å². The summed E-state index contributed by atoms with van der Waals surface area (Å²) in [6, 6.07) is 0.563. The van der Waals surface area contributed by atoms with Gasteiger partial charge in [-0.3, -0.25) is 4.68 Å². The second-order valence-corrected chi connectivity index (χ2v) is 7.77. The van der Waals surface area contributed by atoms with E-state index in [9.17, 15) is 0 Å². The molecule has 0 bridgehead atoms. The number of aromatic nitrogens is 2. The van der Waals surface area contributed by atoms with Gasteiger partial charge in [0.1, 0.15) is 0 Å². The Morgan fingerprint density at radius 2 is 1.84 bits per heavy atom. The van der Waals surface area contributed by atoms with E-state index in [2.05, 4.69) is 51.2 Å². The van der Waals surface area contributed by atoms with Gasteiger partial charge in [0.25, 0.3) is 0 Å². The first-order valence-electron chi connectivity index (χ1n) is 7.50. The fraction of sp³-hybridized carbons (Fsp3) is 0.812. The van der Waals surface area contributed by atoms with Crippen LogP contribution in [0.3, 0.4) is 0 Å². The molecule has 1 N–H and O–H groups in total. The van der Waals surface area contributed by atoms with Crippen LogP contribution in [0.4, 0.5) is 5.69 Å². The highest BCUT2D eigenvalue weighted by molar-refractivity contribution is 5.47. The summed E-state index contributed by atoms with van der Waals surface area (Å²) in [6.07, 6.45) is 6.91. The lowest BCUT2D eigenvalue weighted by atomic mass is 9.63. The molecule has 0 spiro atoms. The van der Waals surface area contributed by atoms with E-state index in [-0.39, 0.29) is 0 Å². The minimum atomic E-state index is 0.425. The number of nitrogens with zero attached hydrogens (tertiary/aromatic N) is 2. The SMILES string of the molecule is CCc1nn(C)cc1NC1CC(C)(C)CC(C)(C)C1. The van der Waals surface area contributed by atoms with Crippen molar-refractivity contribution < 1.29 is 0 Å². The summed E-state index contributed by atoms with van der Waals surface area (Å²) < 4.78 is 1.92. The van der Waals surface area contributed by atoms with Crippen LogP contribution in [0.15, 0.2) is 6.20 Å². The molecular formula is C16H29N3. The molecule has 0 radical (unpaired) electrons. The van der Waals surface area contributed by atoms with Crippen molar-refractivity contribution in [3.05, 3.63) is 11.9 Å². The van der Waals surface area contributed by atoms with Gasteiger partial charge in [-0.1, -0.05) is 34.6 Å². The van der Waals surface area contributed by atoms with Crippen LogP contribution in [0.2, 0.25) is 0 Å². The quantitative estimate of drug-likeness (QED) is 0.893. The monoisotopic (exact) mass is 263 g/mol. The van der Waals surface area contributed by atoms with Gasteiger partial charge in [-0.2, -0.15) is 5.10 Å². The lowest BCUT2D eigenvalue weighted by Gasteiger charge is -2.45. The average Bonchev–Trinajstić information content (AvgIpc) is 2.53. The fourth-order valence-electron chi connectivity index (χ4n) is 4.08. The summed E-state index contributed by atoms with van der Waals surface area (Å²) in [5.74, 6) is 0. The van der Waals surface area contributed by atoms with Crippen LogP contribution in [-0.2, 0) is 13.5 Å². The van der Waals surface area contributed by atoms with E-state index < -0.39 is 0 Å². The Labute approximate surface area is 117 Å². The van der Waals surface area contributed by atoms with Crippen LogP contribution in [0.1, 0.15) is 59.6 Å². The summed E-state index contributed by atoms with van der Waals surface area (Å²) in [5, 5.41) is 8.27. The number of nitrogens with one attached hydrogen (secondary N) is 1. The van der Waals surface area contributed by atoms with E-state index in [1.54, 1.807) is 0 Å². The van der Waals surface area contributed by atoms with Crippen LogP contribution in [0.25, 0.3) is 0 Å². The zero-order valence-electron chi connectivity index (χ0n) is 13.4. The Kier molecular flexibility index (Phi) is 3.67. The lowest BCUT2D eigenvalue weighted by molar-refractivity contribution is 0.105. The Balaban J connectivity index is 2.14. The van der Waals surface area contributed by atoms with Crippen LogP contribution in [0, 0.1) is 10.8 Å². The number of rotatable bonds is 3. The highest BCUT2D eigenvalue weighted by Crippen LogP contribution is 2.46. The van der Waals surface area contributed by atoms with E-state index in [4.69, 9.17) is 0 Å². The molecule has 0 aromatic carbocycles. The second kappa shape index (κ2) is 4.84. The molecular weight excluding hydrogens is 234 g/mol. The predicted molar refractivity (Wildman–Crippen MR) is 81.4 cm³/mol.